The highest BCUT2D eigenvalue weighted by atomic mass is 35.5. The molecule has 3 nitrogen and oxygen atoms in total. The minimum absolute atomic E-state index is 0. The molecule has 138 valence electrons. The molecule has 0 unspecified atom stereocenters. The minimum Gasteiger partial charge on any atom is -0.354 e. The lowest BCUT2D eigenvalue weighted by molar-refractivity contribution is 0.149. The molecule has 0 N–H and O–H groups in total. The highest BCUT2D eigenvalue weighted by Gasteiger charge is 2.25. The summed E-state index contributed by atoms with van der Waals surface area (Å²) in [5.41, 5.74) is 2.19. The van der Waals surface area contributed by atoms with Gasteiger partial charge < -0.3 is 4.90 Å². The largest absolute Gasteiger partial charge is 0.354 e. The lowest BCUT2D eigenvalue weighted by Crippen LogP contribution is -2.50. The SMILES string of the molecule is CC(C)N1CCN(C2=Nc3cc(Cl)ccc3Sc3ccccc32)CC1.Cl. The van der Waals surface area contributed by atoms with Gasteiger partial charge in [-0.2, -0.15) is 0 Å². The van der Waals surface area contributed by atoms with E-state index in [4.69, 9.17) is 16.6 Å². The summed E-state index contributed by atoms with van der Waals surface area (Å²) in [6.07, 6.45) is 0. The van der Waals surface area contributed by atoms with E-state index in [9.17, 15) is 0 Å². The third kappa shape index (κ3) is 3.89. The standard InChI is InChI=1S/C20H22ClN3S.ClH/c1-14(2)23-9-11-24(12-10-23)20-16-5-3-4-6-18(16)25-19-8-7-15(21)13-17(19)22-20;/h3-8,13-14H,9-12H2,1-2H3;1H. The maximum absolute atomic E-state index is 6.23. The third-order valence-electron chi connectivity index (χ3n) is 4.84. The number of aliphatic imine (C=N–C) groups is 1. The van der Waals surface area contributed by atoms with Crippen molar-refractivity contribution in [3.8, 4) is 0 Å². The Morgan fingerprint density at radius 2 is 1.73 bits per heavy atom. The number of piperazine rings is 1. The second-order valence-electron chi connectivity index (χ2n) is 6.76. The van der Waals surface area contributed by atoms with Gasteiger partial charge in [-0.05, 0) is 38.1 Å². The fraction of sp³-hybridized carbons (Fsp3) is 0.350. The molecule has 2 aliphatic heterocycles. The normalized spacial score (nSPS) is 17.1. The molecule has 0 aromatic heterocycles. The van der Waals surface area contributed by atoms with E-state index in [1.165, 1.54) is 10.5 Å². The van der Waals surface area contributed by atoms with Crippen LogP contribution in [0.2, 0.25) is 5.02 Å². The number of nitrogens with zero attached hydrogens (tertiary/aromatic N) is 3. The van der Waals surface area contributed by atoms with Crippen molar-refractivity contribution < 1.29 is 0 Å². The molecule has 0 amide bonds. The van der Waals surface area contributed by atoms with Gasteiger partial charge in [0.1, 0.15) is 5.84 Å². The predicted octanol–water partition coefficient (Wildman–Crippen LogP) is 5.33. The zero-order chi connectivity index (χ0) is 17.4. The van der Waals surface area contributed by atoms with Gasteiger partial charge in [-0.25, -0.2) is 4.99 Å². The first-order valence-electron chi connectivity index (χ1n) is 8.76. The Kier molecular flexibility index (Phi) is 6.18. The van der Waals surface area contributed by atoms with E-state index >= 15 is 0 Å². The van der Waals surface area contributed by atoms with E-state index in [2.05, 4.69) is 54.0 Å². The van der Waals surface area contributed by atoms with Gasteiger partial charge in [0.15, 0.2) is 0 Å². The molecule has 26 heavy (non-hydrogen) atoms. The Morgan fingerprint density at radius 3 is 2.46 bits per heavy atom. The van der Waals surface area contributed by atoms with E-state index in [0.717, 1.165) is 47.6 Å². The van der Waals surface area contributed by atoms with Crippen LogP contribution in [0.5, 0.6) is 0 Å². The molecule has 2 aromatic rings. The van der Waals surface area contributed by atoms with E-state index in [-0.39, 0.29) is 12.4 Å². The average molecular weight is 408 g/mol. The molecule has 0 bridgehead atoms. The number of rotatable bonds is 1. The quantitative estimate of drug-likeness (QED) is 0.636. The van der Waals surface area contributed by atoms with Crippen LogP contribution in [0.3, 0.4) is 0 Å². The van der Waals surface area contributed by atoms with Crippen molar-refractivity contribution in [1.82, 2.24) is 9.80 Å². The molecular weight excluding hydrogens is 385 g/mol. The van der Waals surface area contributed by atoms with Crippen LogP contribution in [0, 0.1) is 0 Å². The Bertz CT molecular complexity index is 814. The smallest absolute Gasteiger partial charge is 0.137 e. The summed E-state index contributed by atoms with van der Waals surface area (Å²) >= 11 is 8.00. The highest BCUT2D eigenvalue weighted by molar-refractivity contribution is 7.99. The Hall–Kier alpha value is -1.20. The molecule has 0 radical (unpaired) electrons. The molecule has 4 rings (SSSR count). The molecule has 2 heterocycles. The van der Waals surface area contributed by atoms with Crippen molar-refractivity contribution in [2.75, 3.05) is 26.2 Å². The number of hydrogen-bond acceptors (Lipinski definition) is 4. The van der Waals surface area contributed by atoms with Gasteiger partial charge in [0.2, 0.25) is 0 Å². The summed E-state index contributed by atoms with van der Waals surface area (Å²) in [6, 6.07) is 15.2. The second kappa shape index (κ2) is 8.22. The first-order chi connectivity index (χ1) is 12.1. The van der Waals surface area contributed by atoms with Crippen molar-refractivity contribution in [1.29, 1.82) is 0 Å². The Balaban J connectivity index is 0.00000196. The van der Waals surface area contributed by atoms with Gasteiger partial charge >= 0.3 is 0 Å². The molecule has 0 saturated carbocycles. The minimum atomic E-state index is 0. The molecule has 0 atom stereocenters. The monoisotopic (exact) mass is 407 g/mol. The predicted molar refractivity (Wildman–Crippen MR) is 114 cm³/mol. The number of halogens is 2. The average Bonchev–Trinajstić information content (AvgIpc) is 2.78. The van der Waals surface area contributed by atoms with E-state index < -0.39 is 0 Å². The van der Waals surface area contributed by atoms with Crippen molar-refractivity contribution >= 4 is 47.3 Å². The Labute approximate surface area is 170 Å². The van der Waals surface area contributed by atoms with Gasteiger partial charge in [-0.1, -0.05) is 41.6 Å². The van der Waals surface area contributed by atoms with Crippen molar-refractivity contribution in [3.63, 3.8) is 0 Å². The number of fused-ring (bicyclic) bond motifs is 2. The van der Waals surface area contributed by atoms with Crippen LogP contribution in [0.15, 0.2) is 57.2 Å². The zero-order valence-electron chi connectivity index (χ0n) is 15.0. The van der Waals surface area contributed by atoms with Crippen molar-refractivity contribution in [2.45, 2.75) is 29.7 Å². The van der Waals surface area contributed by atoms with Gasteiger partial charge in [0.25, 0.3) is 0 Å². The molecule has 6 heteroatoms. The number of amidine groups is 1. The van der Waals surface area contributed by atoms with E-state index in [1.54, 1.807) is 11.8 Å². The third-order valence-corrected chi connectivity index (χ3v) is 6.22. The second-order valence-corrected chi connectivity index (χ2v) is 8.28. The molecule has 0 spiro atoms. The van der Waals surface area contributed by atoms with Crippen molar-refractivity contribution in [2.24, 2.45) is 4.99 Å². The summed E-state index contributed by atoms with van der Waals surface area (Å²) in [5, 5.41) is 0.734. The van der Waals surface area contributed by atoms with Gasteiger partial charge in [-0.3, -0.25) is 4.90 Å². The molecular formula is C20H23Cl2N3S. The first-order valence-corrected chi connectivity index (χ1v) is 9.96. The number of benzene rings is 2. The zero-order valence-corrected chi connectivity index (χ0v) is 17.4. The summed E-state index contributed by atoms with van der Waals surface area (Å²) in [7, 11) is 0. The fourth-order valence-electron chi connectivity index (χ4n) is 3.39. The van der Waals surface area contributed by atoms with Crippen LogP contribution in [0.25, 0.3) is 0 Å². The van der Waals surface area contributed by atoms with Crippen LogP contribution < -0.4 is 0 Å². The maximum Gasteiger partial charge on any atom is 0.137 e. The van der Waals surface area contributed by atoms with Gasteiger partial charge in [-0.15, -0.1) is 12.4 Å². The maximum atomic E-state index is 6.23. The van der Waals surface area contributed by atoms with Crippen LogP contribution in [-0.2, 0) is 0 Å². The molecule has 0 aliphatic carbocycles. The topological polar surface area (TPSA) is 18.8 Å². The van der Waals surface area contributed by atoms with Crippen LogP contribution in [-0.4, -0.2) is 47.9 Å². The van der Waals surface area contributed by atoms with E-state index in [1.807, 2.05) is 12.1 Å². The lowest BCUT2D eigenvalue weighted by Gasteiger charge is -2.38. The van der Waals surface area contributed by atoms with Crippen LogP contribution in [0.1, 0.15) is 19.4 Å². The Morgan fingerprint density at radius 1 is 1.00 bits per heavy atom. The molecule has 1 fully saturated rings. The van der Waals surface area contributed by atoms with Gasteiger partial charge in [0.05, 0.1) is 5.69 Å². The fourth-order valence-corrected chi connectivity index (χ4v) is 4.55. The van der Waals surface area contributed by atoms with E-state index in [0.29, 0.717) is 6.04 Å². The molecule has 1 saturated heterocycles. The molecule has 2 aromatic carbocycles. The summed E-state index contributed by atoms with van der Waals surface area (Å²) in [6.45, 7) is 8.70. The summed E-state index contributed by atoms with van der Waals surface area (Å²) < 4.78 is 0. The molecule has 2 aliphatic rings. The summed E-state index contributed by atoms with van der Waals surface area (Å²) in [4.78, 5) is 12.4. The van der Waals surface area contributed by atoms with Crippen molar-refractivity contribution in [3.05, 3.63) is 53.1 Å². The highest BCUT2D eigenvalue weighted by Crippen LogP contribution is 2.41. The van der Waals surface area contributed by atoms with Crippen LogP contribution >= 0.6 is 35.8 Å². The van der Waals surface area contributed by atoms with Gasteiger partial charge in [0, 0.05) is 52.6 Å². The van der Waals surface area contributed by atoms with Crippen LogP contribution in [0.4, 0.5) is 5.69 Å². The first kappa shape index (κ1) is 19.6. The lowest BCUT2D eigenvalue weighted by atomic mass is 10.1. The number of hydrogen-bond donors (Lipinski definition) is 0. The summed E-state index contributed by atoms with van der Waals surface area (Å²) in [5.74, 6) is 1.08.